The largest absolute Gasteiger partial charge is 0.379 e. The minimum Gasteiger partial charge on any atom is -0.379 e. The van der Waals surface area contributed by atoms with Crippen LogP contribution >= 0.6 is 11.8 Å². The van der Waals surface area contributed by atoms with E-state index in [2.05, 4.69) is 52.0 Å². The molecular weight excluding hydrogens is 252 g/mol. The number of rotatable bonds is 2. The SMILES string of the molecule is Cc1ccc(SC2(O)CC3CCC2(C)C3(C)C)cc1. The first-order valence-corrected chi connectivity index (χ1v) is 8.08. The van der Waals surface area contributed by atoms with Crippen LogP contribution in [0.5, 0.6) is 0 Å². The molecule has 1 aromatic carbocycles. The van der Waals surface area contributed by atoms with E-state index in [9.17, 15) is 5.11 Å². The van der Waals surface area contributed by atoms with Crippen molar-refractivity contribution >= 4 is 11.8 Å². The van der Waals surface area contributed by atoms with Crippen LogP contribution in [0, 0.1) is 23.7 Å². The summed E-state index contributed by atoms with van der Waals surface area (Å²) in [5.41, 5.74) is 1.55. The zero-order chi connectivity index (χ0) is 13.9. The highest BCUT2D eigenvalue weighted by Crippen LogP contribution is 2.72. The second-order valence-electron chi connectivity index (χ2n) is 7.19. The van der Waals surface area contributed by atoms with Crippen LogP contribution in [0.3, 0.4) is 0 Å². The highest BCUT2D eigenvalue weighted by atomic mass is 32.2. The highest BCUT2D eigenvalue weighted by molar-refractivity contribution is 8.00. The molecule has 2 heteroatoms. The van der Waals surface area contributed by atoms with E-state index in [0.717, 1.165) is 12.8 Å². The van der Waals surface area contributed by atoms with Crippen LogP contribution in [-0.4, -0.2) is 10.0 Å². The Kier molecular flexibility index (Phi) is 2.86. The second-order valence-corrected chi connectivity index (χ2v) is 8.54. The summed E-state index contributed by atoms with van der Waals surface area (Å²) in [6.07, 6.45) is 3.37. The predicted octanol–water partition coefficient (Wildman–Crippen LogP) is 4.62. The Balaban J connectivity index is 1.91. The van der Waals surface area contributed by atoms with Gasteiger partial charge in [0.25, 0.3) is 0 Å². The molecule has 2 saturated carbocycles. The van der Waals surface area contributed by atoms with Gasteiger partial charge in [0.15, 0.2) is 0 Å². The molecule has 1 nitrogen and oxygen atoms in total. The molecule has 0 aliphatic heterocycles. The fourth-order valence-corrected chi connectivity index (χ4v) is 5.70. The number of thioether (sulfide) groups is 1. The fourth-order valence-electron chi connectivity index (χ4n) is 4.17. The van der Waals surface area contributed by atoms with E-state index in [1.54, 1.807) is 11.8 Å². The molecule has 1 N–H and O–H groups in total. The zero-order valence-electron chi connectivity index (χ0n) is 12.4. The Labute approximate surface area is 120 Å². The van der Waals surface area contributed by atoms with Crippen LogP contribution in [0.25, 0.3) is 0 Å². The molecule has 0 saturated heterocycles. The van der Waals surface area contributed by atoms with Crippen molar-refractivity contribution in [2.75, 3.05) is 0 Å². The molecule has 1 aromatic rings. The Bertz CT molecular complexity index is 492. The van der Waals surface area contributed by atoms with E-state index < -0.39 is 4.93 Å². The first kappa shape index (κ1) is 13.5. The lowest BCUT2D eigenvalue weighted by atomic mass is 9.69. The van der Waals surface area contributed by atoms with Gasteiger partial charge in [0.1, 0.15) is 4.93 Å². The van der Waals surface area contributed by atoms with Crippen LogP contribution in [-0.2, 0) is 0 Å². The van der Waals surface area contributed by atoms with Crippen LogP contribution in [0.2, 0.25) is 0 Å². The Hall–Kier alpha value is -0.470. The van der Waals surface area contributed by atoms with E-state index in [4.69, 9.17) is 0 Å². The number of benzene rings is 1. The molecular formula is C17H24OS. The van der Waals surface area contributed by atoms with Crippen molar-refractivity contribution in [1.82, 2.24) is 0 Å². The van der Waals surface area contributed by atoms with Gasteiger partial charge in [-0.05, 0) is 49.7 Å². The average molecular weight is 276 g/mol. The number of fused-ring (bicyclic) bond motifs is 2. The third-order valence-electron chi connectivity index (χ3n) is 6.13. The molecule has 3 unspecified atom stereocenters. The Morgan fingerprint density at radius 3 is 2.26 bits per heavy atom. The van der Waals surface area contributed by atoms with Crippen molar-refractivity contribution in [3.8, 4) is 0 Å². The molecule has 0 amide bonds. The van der Waals surface area contributed by atoms with Gasteiger partial charge in [0.05, 0.1) is 0 Å². The highest BCUT2D eigenvalue weighted by Gasteiger charge is 2.68. The minimum absolute atomic E-state index is 0.0280. The van der Waals surface area contributed by atoms with Crippen molar-refractivity contribution in [3.05, 3.63) is 29.8 Å². The first-order valence-electron chi connectivity index (χ1n) is 7.27. The van der Waals surface area contributed by atoms with Crippen molar-refractivity contribution in [2.24, 2.45) is 16.7 Å². The van der Waals surface area contributed by atoms with Gasteiger partial charge in [-0.15, -0.1) is 0 Å². The molecule has 0 spiro atoms. The smallest absolute Gasteiger partial charge is 0.121 e. The number of hydrogen-bond donors (Lipinski definition) is 1. The van der Waals surface area contributed by atoms with E-state index in [0.29, 0.717) is 5.92 Å². The van der Waals surface area contributed by atoms with Gasteiger partial charge in [-0.2, -0.15) is 0 Å². The summed E-state index contributed by atoms with van der Waals surface area (Å²) < 4.78 is 0. The molecule has 0 aromatic heterocycles. The molecule has 0 radical (unpaired) electrons. The van der Waals surface area contributed by atoms with E-state index in [-0.39, 0.29) is 10.8 Å². The quantitative estimate of drug-likeness (QED) is 0.795. The Morgan fingerprint density at radius 1 is 1.16 bits per heavy atom. The van der Waals surface area contributed by atoms with Gasteiger partial charge in [-0.25, -0.2) is 0 Å². The average Bonchev–Trinajstić information content (AvgIpc) is 2.64. The molecule has 3 atom stereocenters. The maximum atomic E-state index is 11.3. The first-order chi connectivity index (χ1) is 8.78. The second kappa shape index (κ2) is 4.02. The van der Waals surface area contributed by atoms with Gasteiger partial charge in [0.2, 0.25) is 0 Å². The normalized spacial score (nSPS) is 39.7. The zero-order valence-corrected chi connectivity index (χ0v) is 13.2. The molecule has 3 rings (SSSR count). The van der Waals surface area contributed by atoms with E-state index in [1.165, 1.54) is 16.9 Å². The summed E-state index contributed by atoms with van der Waals surface area (Å²) in [6.45, 7) is 9.09. The molecule has 0 heterocycles. The molecule has 2 fully saturated rings. The van der Waals surface area contributed by atoms with Gasteiger partial charge in [0, 0.05) is 10.3 Å². The van der Waals surface area contributed by atoms with Gasteiger partial charge < -0.3 is 5.11 Å². The van der Waals surface area contributed by atoms with Gasteiger partial charge in [-0.3, -0.25) is 0 Å². The van der Waals surface area contributed by atoms with Crippen LogP contribution in [0.4, 0.5) is 0 Å². The third-order valence-corrected chi connectivity index (χ3v) is 7.59. The summed E-state index contributed by atoms with van der Waals surface area (Å²) in [5.74, 6) is 0.667. The summed E-state index contributed by atoms with van der Waals surface area (Å²) in [4.78, 5) is 0.590. The molecule has 2 aliphatic rings. The predicted molar refractivity (Wildman–Crippen MR) is 81.2 cm³/mol. The maximum Gasteiger partial charge on any atom is 0.121 e. The van der Waals surface area contributed by atoms with Gasteiger partial charge >= 0.3 is 0 Å². The van der Waals surface area contributed by atoms with E-state index >= 15 is 0 Å². The van der Waals surface area contributed by atoms with E-state index in [1.807, 2.05) is 0 Å². The summed E-state index contributed by atoms with van der Waals surface area (Å²) in [6, 6.07) is 8.54. The lowest BCUT2D eigenvalue weighted by Crippen LogP contribution is -2.44. The number of hydrogen-bond acceptors (Lipinski definition) is 2. The third kappa shape index (κ3) is 1.72. The Morgan fingerprint density at radius 2 is 1.79 bits per heavy atom. The monoisotopic (exact) mass is 276 g/mol. The van der Waals surface area contributed by atoms with Crippen LogP contribution in [0.15, 0.2) is 29.2 Å². The van der Waals surface area contributed by atoms with Crippen molar-refractivity contribution in [3.63, 3.8) is 0 Å². The van der Waals surface area contributed by atoms with Crippen molar-refractivity contribution in [1.29, 1.82) is 0 Å². The topological polar surface area (TPSA) is 20.2 Å². The summed E-state index contributed by atoms with van der Waals surface area (Å²) >= 11 is 1.68. The molecule has 2 bridgehead atoms. The van der Waals surface area contributed by atoms with Gasteiger partial charge in [-0.1, -0.05) is 50.2 Å². The molecule has 2 aliphatic carbocycles. The molecule has 104 valence electrons. The van der Waals surface area contributed by atoms with Crippen molar-refractivity contribution in [2.45, 2.75) is 56.8 Å². The standard InChI is InChI=1S/C17H24OS/c1-12-5-7-14(8-6-12)19-17(18)11-13-9-10-16(17,4)15(13,2)3/h5-8,13,18H,9-11H2,1-4H3. The fraction of sp³-hybridized carbons (Fsp3) is 0.647. The van der Waals surface area contributed by atoms with Crippen LogP contribution < -0.4 is 0 Å². The van der Waals surface area contributed by atoms with Crippen LogP contribution in [0.1, 0.15) is 45.6 Å². The number of aliphatic hydroxyl groups is 1. The lowest BCUT2D eigenvalue weighted by molar-refractivity contribution is -0.0159. The maximum absolute atomic E-state index is 11.3. The minimum atomic E-state index is -0.603. The van der Waals surface area contributed by atoms with Crippen molar-refractivity contribution < 1.29 is 5.11 Å². The number of aryl methyl sites for hydroxylation is 1. The lowest BCUT2D eigenvalue weighted by Gasteiger charge is -2.44. The summed E-state index contributed by atoms with van der Waals surface area (Å²) in [7, 11) is 0. The molecule has 19 heavy (non-hydrogen) atoms. The summed E-state index contributed by atoms with van der Waals surface area (Å²) in [5, 5.41) is 11.3.